The van der Waals surface area contributed by atoms with Gasteiger partial charge in [-0.15, -0.1) is 0 Å². The van der Waals surface area contributed by atoms with Crippen LogP contribution in [0, 0.1) is 17.8 Å². The van der Waals surface area contributed by atoms with Crippen LogP contribution in [0.2, 0.25) is 0 Å². The molecule has 0 saturated heterocycles. The Morgan fingerprint density at radius 2 is 1.92 bits per heavy atom. The molecule has 2 aliphatic carbocycles. The molecule has 0 aliphatic heterocycles. The Morgan fingerprint density at radius 1 is 1.08 bits per heavy atom. The smallest absolute Gasteiger partial charge is 0.136 e. The van der Waals surface area contributed by atoms with Crippen LogP contribution >= 0.6 is 0 Å². The average molecular weight is 180 g/mol. The van der Waals surface area contributed by atoms with Crippen LogP contribution in [0.15, 0.2) is 0 Å². The maximum Gasteiger partial charge on any atom is 0.136 e. The van der Waals surface area contributed by atoms with Gasteiger partial charge in [0.2, 0.25) is 0 Å². The summed E-state index contributed by atoms with van der Waals surface area (Å²) in [6, 6.07) is 0. The first-order valence-corrected chi connectivity index (χ1v) is 5.82. The van der Waals surface area contributed by atoms with Crippen LogP contribution in [-0.2, 0) is 4.79 Å². The molecule has 3 atom stereocenters. The summed E-state index contributed by atoms with van der Waals surface area (Å²) >= 11 is 0. The van der Waals surface area contributed by atoms with Crippen molar-refractivity contribution in [2.45, 2.75) is 51.9 Å². The molecule has 2 fully saturated rings. The second-order valence-electron chi connectivity index (χ2n) is 4.89. The van der Waals surface area contributed by atoms with Gasteiger partial charge >= 0.3 is 0 Å². The summed E-state index contributed by atoms with van der Waals surface area (Å²) in [6.45, 7) is 2.34. The quantitative estimate of drug-likeness (QED) is 0.559. The van der Waals surface area contributed by atoms with Crippen LogP contribution < -0.4 is 0 Å². The van der Waals surface area contributed by atoms with E-state index in [1.807, 2.05) is 0 Å². The van der Waals surface area contributed by atoms with E-state index >= 15 is 0 Å². The minimum Gasteiger partial charge on any atom is -0.299 e. The van der Waals surface area contributed by atoms with Gasteiger partial charge in [-0.1, -0.05) is 26.2 Å². The molecule has 3 unspecified atom stereocenters. The van der Waals surface area contributed by atoms with E-state index in [9.17, 15) is 4.79 Å². The second kappa shape index (κ2) is 3.81. The monoisotopic (exact) mass is 180 g/mol. The maximum atomic E-state index is 11.8. The molecular weight excluding hydrogens is 160 g/mol. The Hall–Kier alpha value is -0.330. The van der Waals surface area contributed by atoms with Crippen LogP contribution in [0.25, 0.3) is 0 Å². The summed E-state index contributed by atoms with van der Waals surface area (Å²) in [5.41, 5.74) is 0. The van der Waals surface area contributed by atoms with E-state index in [0.29, 0.717) is 11.7 Å². The van der Waals surface area contributed by atoms with Gasteiger partial charge < -0.3 is 0 Å². The van der Waals surface area contributed by atoms with Gasteiger partial charge in [0.05, 0.1) is 0 Å². The molecule has 0 aromatic carbocycles. The van der Waals surface area contributed by atoms with Crippen molar-refractivity contribution in [1.29, 1.82) is 0 Å². The molecule has 13 heavy (non-hydrogen) atoms. The second-order valence-corrected chi connectivity index (χ2v) is 4.89. The van der Waals surface area contributed by atoms with Gasteiger partial charge in [0, 0.05) is 12.3 Å². The van der Waals surface area contributed by atoms with E-state index in [1.54, 1.807) is 0 Å². The van der Waals surface area contributed by atoms with Crippen molar-refractivity contribution in [2.24, 2.45) is 17.8 Å². The number of carbonyl (C=O) groups excluding carboxylic acids is 1. The third-order valence-corrected chi connectivity index (χ3v) is 4.05. The van der Waals surface area contributed by atoms with Crippen LogP contribution in [0.3, 0.4) is 0 Å². The first-order valence-electron chi connectivity index (χ1n) is 5.82. The lowest BCUT2D eigenvalue weighted by atomic mass is 9.70. The number of hydrogen-bond acceptors (Lipinski definition) is 1. The summed E-state index contributed by atoms with van der Waals surface area (Å²) < 4.78 is 0. The van der Waals surface area contributed by atoms with E-state index in [2.05, 4.69) is 6.92 Å². The highest BCUT2D eigenvalue weighted by Crippen LogP contribution is 2.40. The fourth-order valence-corrected chi connectivity index (χ4v) is 3.23. The molecule has 0 aromatic heterocycles. The minimum absolute atomic E-state index is 0.450. The van der Waals surface area contributed by atoms with Gasteiger partial charge in [0.25, 0.3) is 0 Å². The Labute approximate surface area is 80.9 Å². The largest absolute Gasteiger partial charge is 0.299 e. The summed E-state index contributed by atoms with van der Waals surface area (Å²) in [5.74, 6) is 2.57. The van der Waals surface area contributed by atoms with E-state index in [4.69, 9.17) is 0 Å². The topological polar surface area (TPSA) is 17.1 Å². The molecule has 0 spiro atoms. The number of fused-ring (bicyclic) bond motifs is 1. The number of Topliss-reactive ketones (excluding diaryl/α,β-unsaturated/α-hetero) is 1. The molecule has 0 aromatic rings. The van der Waals surface area contributed by atoms with Gasteiger partial charge in [-0.2, -0.15) is 0 Å². The van der Waals surface area contributed by atoms with Crippen LogP contribution in [0.1, 0.15) is 51.9 Å². The van der Waals surface area contributed by atoms with Crippen molar-refractivity contribution in [3.05, 3.63) is 0 Å². The Kier molecular flexibility index (Phi) is 2.71. The van der Waals surface area contributed by atoms with E-state index in [1.165, 1.54) is 32.1 Å². The molecule has 0 bridgehead atoms. The molecule has 0 amide bonds. The van der Waals surface area contributed by atoms with Crippen molar-refractivity contribution in [1.82, 2.24) is 0 Å². The zero-order valence-corrected chi connectivity index (χ0v) is 8.59. The third-order valence-electron chi connectivity index (χ3n) is 4.05. The van der Waals surface area contributed by atoms with E-state index in [-0.39, 0.29) is 0 Å². The lowest BCUT2D eigenvalue weighted by molar-refractivity contribution is -0.125. The van der Waals surface area contributed by atoms with Crippen molar-refractivity contribution in [3.8, 4) is 0 Å². The molecule has 1 heteroatoms. The maximum absolute atomic E-state index is 11.8. The normalized spacial score (nSPS) is 41.0. The Bertz CT molecular complexity index is 197. The lowest BCUT2D eigenvalue weighted by Gasteiger charge is -2.34. The molecule has 0 N–H and O–H groups in total. The average Bonchev–Trinajstić information content (AvgIpc) is 2.30. The minimum atomic E-state index is 0.450. The van der Waals surface area contributed by atoms with Gasteiger partial charge in [-0.05, 0) is 31.1 Å². The molecule has 2 aliphatic rings. The lowest BCUT2D eigenvalue weighted by Crippen LogP contribution is -2.30. The molecular formula is C12H20O. The fourth-order valence-electron chi connectivity index (χ4n) is 3.23. The summed E-state index contributed by atoms with van der Waals surface area (Å²) in [6.07, 6.45) is 8.46. The standard InChI is InChI=1S/C12H20O/c1-9-5-4-7-11-10(9)6-2-3-8-12(11)13/h9-11H,2-8H2,1H3. The van der Waals surface area contributed by atoms with Crippen molar-refractivity contribution in [2.75, 3.05) is 0 Å². The third kappa shape index (κ3) is 1.79. The first kappa shape index (κ1) is 9.23. The zero-order valence-electron chi connectivity index (χ0n) is 8.59. The fraction of sp³-hybridized carbons (Fsp3) is 0.917. The van der Waals surface area contributed by atoms with Gasteiger partial charge in [0.15, 0.2) is 0 Å². The molecule has 74 valence electrons. The summed E-state index contributed by atoms with van der Waals surface area (Å²) in [5, 5.41) is 0. The number of carbonyl (C=O) groups is 1. The zero-order chi connectivity index (χ0) is 9.26. The number of ketones is 1. The van der Waals surface area contributed by atoms with Crippen LogP contribution in [0.4, 0.5) is 0 Å². The Balaban J connectivity index is 2.12. The van der Waals surface area contributed by atoms with Crippen molar-refractivity contribution >= 4 is 5.78 Å². The molecule has 2 saturated carbocycles. The van der Waals surface area contributed by atoms with Gasteiger partial charge in [-0.25, -0.2) is 0 Å². The van der Waals surface area contributed by atoms with Gasteiger partial charge in [0.1, 0.15) is 5.78 Å². The number of hydrogen-bond donors (Lipinski definition) is 0. The first-order chi connectivity index (χ1) is 6.29. The molecule has 1 nitrogen and oxygen atoms in total. The number of rotatable bonds is 0. The predicted molar refractivity (Wildman–Crippen MR) is 53.5 cm³/mol. The molecule has 2 rings (SSSR count). The highest BCUT2D eigenvalue weighted by atomic mass is 16.1. The van der Waals surface area contributed by atoms with Crippen LogP contribution in [0.5, 0.6) is 0 Å². The predicted octanol–water partition coefficient (Wildman–Crippen LogP) is 3.18. The SMILES string of the molecule is CC1CCCC2C(=O)CCCCC12. The highest BCUT2D eigenvalue weighted by Gasteiger charge is 2.35. The van der Waals surface area contributed by atoms with Crippen molar-refractivity contribution < 1.29 is 4.79 Å². The summed E-state index contributed by atoms with van der Waals surface area (Å²) in [4.78, 5) is 11.8. The van der Waals surface area contributed by atoms with Crippen LogP contribution in [-0.4, -0.2) is 5.78 Å². The van der Waals surface area contributed by atoms with E-state index < -0.39 is 0 Å². The Morgan fingerprint density at radius 3 is 2.77 bits per heavy atom. The van der Waals surface area contributed by atoms with Crippen molar-refractivity contribution in [3.63, 3.8) is 0 Å². The molecule has 0 heterocycles. The van der Waals surface area contributed by atoms with Gasteiger partial charge in [-0.3, -0.25) is 4.79 Å². The summed E-state index contributed by atoms with van der Waals surface area (Å²) in [7, 11) is 0. The molecule has 0 radical (unpaired) electrons. The van der Waals surface area contributed by atoms with E-state index in [0.717, 1.165) is 24.7 Å². The highest BCUT2D eigenvalue weighted by molar-refractivity contribution is 5.81.